The van der Waals surface area contributed by atoms with Crippen LogP contribution in [0.2, 0.25) is 0 Å². The molecule has 2 N–H and O–H groups in total. The number of imide groups is 1. The van der Waals surface area contributed by atoms with Crippen molar-refractivity contribution in [3.8, 4) is 0 Å². The molecule has 1 fully saturated rings. The molecule has 1 saturated heterocycles. The molecule has 0 aliphatic carbocycles. The highest BCUT2D eigenvalue weighted by molar-refractivity contribution is 6.06. The van der Waals surface area contributed by atoms with Crippen LogP contribution in [0.3, 0.4) is 0 Å². The monoisotopic (exact) mass is 375 g/mol. The molecule has 8 nitrogen and oxygen atoms in total. The summed E-state index contributed by atoms with van der Waals surface area (Å²) in [4.78, 5) is 48.5. The second-order valence-electron chi connectivity index (χ2n) is 7.12. The van der Waals surface area contributed by atoms with Crippen molar-refractivity contribution in [2.24, 2.45) is 0 Å². The van der Waals surface area contributed by atoms with E-state index in [0.29, 0.717) is 5.69 Å². The molecule has 1 aromatic carbocycles. The van der Waals surface area contributed by atoms with Gasteiger partial charge in [0.25, 0.3) is 11.8 Å². The van der Waals surface area contributed by atoms with E-state index in [2.05, 4.69) is 10.6 Å². The molecule has 0 bridgehead atoms. The first-order valence-corrected chi connectivity index (χ1v) is 8.77. The van der Waals surface area contributed by atoms with Gasteiger partial charge in [-0.25, -0.2) is 4.79 Å². The van der Waals surface area contributed by atoms with Gasteiger partial charge in [0.1, 0.15) is 5.54 Å². The Balaban J connectivity index is 1.70. The second-order valence-corrected chi connectivity index (χ2v) is 7.12. The summed E-state index contributed by atoms with van der Waals surface area (Å²) >= 11 is 0. The van der Waals surface area contributed by atoms with Crippen LogP contribution in [0.15, 0.2) is 18.2 Å². The molecule has 1 aliphatic heterocycles. The minimum absolute atomic E-state index is 0.00834. The third-order valence-electron chi connectivity index (χ3n) is 4.36. The molecule has 0 aromatic heterocycles. The van der Waals surface area contributed by atoms with Crippen LogP contribution in [0, 0.1) is 13.8 Å². The number of hydrogen-bond donors (Lipinski definition) is 2. The lowest BCUT2D eigenvalue weighted by molar-refractivity contribution is -0.147. The Kier molecular flexibility index (Phi) is 6.20. The third-order valence-corrected chi connectivity index (χ3v) is 4.36. The number of carbonyl (C=O) groups is 4. The first kappa shape index (κ1) is 20.4. The molecule has 146 valence electrons. The summed E-state index contributed by atoms with van der Waals surface area (Å²) in [5.41, 5.74) is 1.88. The van der Waals surface area contributed by atoms with Gasteiger partial charge >= 0.3 is 12.0 Å². The Morgan fingerprint density at radius 3 is 2.48 bits per heavy atom. The van der Waals surface area contributed by atoms with Crippen LogP contribution >= 0.6 is 0 Å². The fourth-order valence-electron chi connectivity index (χ4n) is 2.64. The summed E-state index contributed by atoms with van der Waals surface area (Å²) in [6.45, 7) is 6.89. The molecule has 1 aliphatic rings. The lowest BCUT2D eigenvalue weighted by atomic mass is 10.1. The fourth-order valence-corrected chi connectivity index (χ4v) is 2.64. The maximum Gasteiger partial charge on any atom is 0.325 e. The lowest BCUT2D eigenvalue weighted by Crippen LogP contribution is -2.40. The highest BCUT2D eigenvalue weighted by atomic mass is 16.5. The summed E-state index contributed by atoms with van der Waals surface area (Å²) in [5, 5.41) is 5.23. The van der Waals surface area contributed by atoms with E-state index in [4.69, 9.17) is 4.74 Å². The van der Waals surface area contributed by atoms with Crippen molar-refractivity contribution in [2.45, 2.75) is 46.1 Å². The van der Waals surface area contributed by atoms with Gasteiger partial charge in [0.15, 0.2) is 6.61 Å². The summed E-state index contributed by atoms with van der Waals surface area (Å²) in [6.07, 6.45) is 0.279. The molecule has 0 radical (unpaired) electrons. The topological polar surface area (TPSA) is 105 Å². The number of nitrogens with one attached hydrogen (secondary N) is 2. The zero-order chi connectivity index (χ0) is 20.2. The van der Waals surface area contributed by atoms with Crippen LogP contribution in [0.1, 0.15) is 37.8 Å². The minimum Gasteiger partial charge on any atom is -0.456 e. The van der Waals surface area contributed by atoms with E-state index in [-0.39, 0.29) is 31.9 Å². The number of hydrogen-bond acceptors (Lipinski definition) is 5. The SMILES string of the molecule is Cc1ccc(NC(=O)COC(=O)CCCN2C(=O)NC(C)(C)C2=O)cc1C. The first-order valence-electron chi connectivity index (χ1n) is 8.77. The molecule has 0 saturated carbocycles. The Labute approximate surface area is 158 Å². The standard InChI is InChI=1S/C19H25N3O5/c1-12-7-8-14(10-13(12)2)20-15(23)11-27-16(24)6-5-9-22-17(25)19(3,4)21-18(22)26/h7-8,10H,5-6,9,11H2,1-4H3,(H,20,23)(H,21,26). The van der Waals surface area contributed by atoms with Crippen molar-refractivity contribution in [1.82, 2.24) is 10.2 Å². The Hall–Kier alpha value is -2.90. The van der Waals surface area contributed by atoms with Crippen molar-refractivity contribution in [3.63, 3.8) is 0 Å². The van der Waals surface area contributed by atoms with Gasteiger partial charge in [0.2, 0.25) is 0 Å². The predicted molar refractivity (Wildman–Crippen MR) is 99.1 cm³/mol. The molecular weight excluding hydrogens is 350 g/mol. The first-order chi connectivity index (χ1) is 12.6. The van der Waals surface area contributed by atoms with Gasteiger partial charge in [0.05, 0.1) is 0 Å². The molecule has 8 heteroatoms. The van der Waals surface area contributed by atoms with Crippen LogP contribution in [0.25, 0.3) is 0 Å². The predicted octanol–water partition coefficient (Wildman–Crippen LogP) is 1.90. The third kappa shape index (κ3) is 5.29. The highest BCUT2D eigenvalue weighted by Crippen LogP contribution is 2.17. The highest BCUT2D eigenvalue weighted by Gasteiger charge is 2.43. The van der Waals surface area contributed by atoms with E-state index in [1.165, 1.54) is 0 Å². The quantitative estimate of drug-likeness (QED) is 0.559. The van der Waals surface area contributed by atoms with Crippen LogP contribution < -0.4 is 10.6 Å². The van der Waals surface area contributed by atoms with Gasteiger partial charge in [-0.3, -0.25) is 19.3 Å². The number of ether oxygens (including phenoxy) is 1. The number of nitrogens with zero attached hydrogens (tertiary/aromatic N) is 1. The second kappa shape index (κ2) is 8.20. The van der Waals surface area contributed by atoms with Crippen molar-refractivity contribution < 1.29 is 23.9 Å². The normalized spacial score (nSPS) is 15.5. The van der Waals surface area contributed by atoms with Crippen molar-refractivity contribution in [1.29, 1.82) is 0 Å². The molecule has 27 heavy (non-hydrogen) atoms. The van der Waals surface area contributed by atoms with Crippen molar-refractivity contribution in [2.75, 3.05) is 18.5 Å². The summed E-state index contributed by atoms with van der Waals surface area (Å²) in [5.74, 6) is -1.31. The van der Waals surface area contributed by atoms with Crippen molar-refractivity contribution in [3.05, 3.63) is 29.3 Å². The average Bonchev–Trinajstić information content (AvgIpc) is 2.78. The van der Waals surface area contributed by atoms with Gasteiger partial charge in [-0.2, -0.15) is 0 Å². The molecule has 2 rings (SSSR count). The van der Waals surface area contributed by atoms with Gasteiger partial charge in [0, 0.05) is 18.7 Å². The summed E-state index contributed by atoms with van der Waals surface area (Å²) in [7, 11) is 0. The van der Waals surface area contributed by atoms with Gasteiger partial charge in [-0.1, -0.05) is 6.07 Å². The molecule has 1 aromatic rings. The van der Waals surface area contributed by atoms with E-state index in [1.54, 1.807) is 19.9 Å². The molecule has 0 spiro atoms. The number of carbonyl (C=O) groups excluding carboxylic acids is 4. The molecule has 4 amide bonds. The van der Waals surface area contributed by atoms with E-state index in [9.17, 15) is 19.2 Å². The number of amides is 4. The molecule has 1 heterocycles. The molecular formula is C19H25N3O5. The zero-order valence-electron chi connectivity index (χ0n) is 16.0. The number of urea groups is 1. The number of esters is 1. The van der Waals surface area contributed by atoms with Crippen molar-refractivity contribution >= 4 is 29.5 Å². The lowest BCUT2D eigenvalue weighted by Gasteiger charge is -2.15. The largest absolute Gasteiger partial charge is 0.456 e. The van der Waals surface area contributed by atoms with Crippen LogP contribution in [0.4, 0.5) is 10.5 Å². The Morgan fingerprint density at radius 2 is 1.89 bits per heavy atom. The zero-order valence-corrected chi connectivity index (χ0v) is 16.0. The van der Waals surface area contributed by atoms with Crippen LogP contribution in [-0.2, 0) is 19.1 Å². The minimum atomic E-state index is -0.927. The van der Waals surface area contributed by atoms with E-state index in [0.717, 1.165) is 16.0 Å². The number of benzene rings is 1. The van der Waals surface area contributed by atoms with Crippen LogP contribution in [0.5, 0.6) is 0 Å². The van der Waals surface area contributed by atoms with Gasteiger partial charge in [-0.05, 0) is 57.4 Å². The molecule has 0 unspecified atom stereocenters. The smallest absolute Gasteiger partial charge is 0.325 e. The van der Waals surface area contributed by atoms with Gasteiger partial charge < -0.3 is 15.4 Å². The summed E-state index contributed by atoms with van der Waals surface area (Å²) in [6, 6.07) is 5.05. The Bertz CT molecular complexity index is 773. The van der Waals surface area contributed by atoms with E-state index >= 15 is 0 Å². The maximum absolute atomic E-state index is 12.0. The number of aryl methyl sites for hydroxylation is 2. The summed E-state index contributed by atoms with van der Waals surface area (Å²) < 4.78 is 4.93. The average molecular weight is 375 g/mol. The van der Waals surface area contributed by atoms with Crippen LogP contribution in [-0.4, -0.2) is 47.4 Å². The maximum atomic E-state index is 12.0. The number of rotatable bonds is 7. The molecule has 0 atom stereocenters. The number of anilines is 1. The van der Waals surface area contributed by atoms with Gasteiger partial charge in [-0.15, -0.1) is 0 Å². The van der Waals surface area contributed by atoms with E-state index in [1.807, 2.05) is 26.0 Å². The van der Waals surface area contributed by atoms with E-state index < -0.39 is 23.4 Å². The fraction of sp³-hybridized carbons (Fsp3) is 0.474. The Morgan fingerprint density at radius 1 is 1.19 bits per heavy atom.